The van der Waals surface area contributed by atoms with Crippen molar-refractivity contribution < 1.29 is 9.53 Å². The van der Waals surface area contributed by atoms with Crippen molar-refractivity contribution >= 4 is 5.91 Å². The zero-order valence-electron chi connectivity index (χ0n) is 10.7. The minimum Gasteiger partial charge on any atom is -0.491 e. The Balaban J connectivity index is 2.03. The number of nitrogens with two attached hydrogens (primary N) is 2. The summed E-state index contributed by atoms with van der Waals surface area (Å²) in [6, 6.07) is 7.81. The first kappa shape index (κ1) is 12.9. The standard InChI is InChI=1S/C14H20N2O2/c1-2-10-4-3-5-12(8-10)18-9-14(16,13(15)17)11-6-7-11/h3-5,8,11H,2,6-7,9,16H2,1H3,(H2,15,17). The number of hydrogen-bond donors (Lipinski definition) is 2. The smallest absolute Gasteiger partial charge is 0.241 e. The summed E-state index contributed by atoms with van der Waals surface area (Å²) in [6.07, 6.45) is 2.86. The lowest BCUT2D eigenvalue weighted by Crippen LogP contribution is -2.58. The Bertz CT molecular complexity index is 443. The normalized spacial score (nSPS) is 18.1. The Morgan fingerprint density at radius 2 is 2.22 bits per heavy atom. The molecule has 1 aliphatic carbocycles. The number of amides is 1. The van der Waals surface area contributed by atoms with E-state index in [0.29, 0.717) is 0 Å². The second-order valence-electron chi connectivity index (χ2n) is 4.97. The molecule has 1 aliphatic rings. The highest BCUT2D eigenvalue weighted by Gasteiger charge is 2.47. The molecule has 1 amide bonds. The third kappa shape index (κ3) is 2.64. The third-order valence-electron chi connectivity index (χ3n) is 3.55. The highest BCUT2D eigenvalue weighted by molar-refractivity contribution is 5.85. The van der Waals surface area contributed by atoms with Gasteiger partial charge in [0.2, 0.25) is 5.91 Å². The molecule has 0 heterocycles. The Morgan fingerprint density at radius 3 is 2.78 bits per heavy atom. The lowest BCUT2D eigenvalue weighted by Gasteiger charge is -2.25. The van der Waals surface area contributed by atoms with Gasteiger partial charge >= 0.3 is 0 Å². The number of ether oxygens (including phenoxy) is 1. The number of rotatable bonds is 6. The van der Waals surface area contributed by atoms with Crippen LogP contribution in [0, 0.1) is 5.92 Å². The first-order chi connectivity index (χ1) is 8.56. The van der Waals surface area contributed by atoms with Crippen LogP contribution in [0.2, 0.25) is 0 Å². The van der Waals surface area contributed by atoms with E-state index in [4.69, 9.17) is 16.2 Å². The number of primary amides is 1. The van der Waals surface area contributed by atoms with E-state index < -0.39 is 11.4 Å². The largest absolute Gasteiger partial charge is 0.491 e. The monoisotopic (exact) mass is 248 g/mol. The molecule has 18 heavy (non-hydrogen) atoms. The molecule has 98 valence electrons. The highest BCUT2D eigenvalue weighted by Crippen LogP contribution is 2.38. The number of hydrogen-bond acceptors (Lipinski definition) is 3. The van der Waals surface area contributed by atoms with Crippen LogP contribution in [0.1, 0.15) is 25.3 Å². The molecule has 0 bridgehead atoms. The van der Waals surface area contributed by atoms with E-state index in [1.54, 1.807) is 0 Å². The maximum absolute atomic E-state index is 11.5. The molecule has 1 atom stereocenters. The van der Waals surface area contributed by atoms with E-state index in [0.717, 1.165) is 25.0 Å². The van der Waals surface area contributed by atoms with E-state index in [-0.39, 0.29) is 12.5 Å². The molecular weight excluding hydrogens is 228 g/mol. The van der Waals surface area contributed by atoms with Gasteiger partial charge in [0.15, 0.2) is 0 Å². The minimum absolute atomic E-state index is 0.153. The predicted octanol–water partition coefficient (Wildman–Crippen LogP) is 1.22. The first-order valence-electron chi connectivity index (χ1n) is 6.37. The van der Waals surface area contributed by atoms with Crippen molar-refractivity contribution in [1.82, 2.24) is 0 Å². The van der Waals surface area contributed by atoms with Crippen molar-refractivity contribution in [2.24, 2.45) is 17.4 Å². The zero-order chi connectivity index (χ0) is 13.2. The van der Waals surface area contributed by atoms with Gasteiger partial charge in [-0.05, 0) is 42.9 Å². The van der Waals surface area contributed by atoms with Crippen LogP contribution in [0.15, 0.2) is 24.3 Å². The van der Waals surface area contributed by atoms with Gasteiger partial charge in [0.1, 0.15) is 17.9 Å². The van der Waals surface area contributed by atoms with Crippen molar-refractivity contribution in [3.63, 3.8) is 0 Å². The van der Waals surface area contributed by atoms with Gasteiger partial charge in [0.25, 0.3) is 0 Å². The molecule has 0 aromatic heterocycles. The zero-order valence-corrected chi connectivity index (χ0v) is 10.7. The van der Waals surface area contributed by atoms with Crippen molar-refractivity contribution in [2.75, 3.05) is 6.61 Å². The average Bonchev–Trinajstić information content (AvgIpc) is 3.20. The van der Waals surface area contributed by atoms with E-state index >= 15 is 0 Å². The van der Waals surface area contributed by atoms with E-state index in [1.165, 1.54) is 5.56 Å². The molecule has 4 nitrogen and oxygen atoms in total. The highest BCUT2D eigenvalue weighted by atomic mass is 16.5. The fourth-order valence-corrected chi connectivity index (χ4v) is 2.05. The Kier molecular flexibility index (Phi) is 3.57. The van der Waals surface area contributed by atoms with Crippen molar-refractivity contribution in [2.45, 2.75) is 31.7 Å². The van der Waals surface area contributed by atoms with E-state index in [1.807, 2.05) is 24.3 Å². The summed E-state index contributed by atoms with van der Waals surface area (Å²) < 4.78 is 5.65. The lowest BCUT2D eigenvalue weighted by atomic mass is 9.95. The quantitative estimate of drug-likeness (QED) is 0.794. The van der Waals surface area contributed by atoms with Crippen LogP contribution >= 0.6 is 0 Å². The lowest BCUT2D eigenvalue weighted by molar-refractivity contribution is -0.125. The summed E-state index contributed by atoms with van der Waals surface area (Å²) in [7, 11) is 0. The summed E-state index contributed by atoms with van der Waals surface area (Å²) in [5.41, 5.74) is 11.6. The maximum Gasteiger partial charge on any atom is 0.241 e. The van der Waals surface area contributed by atoms with Crippen LogP contribution in [-0.2, 0) is 11.2 Å². The maximum atomic E-state index is 11.5. The number of carbonyl (C=O) groups is 1. The molecule has 2 rings (SSSR count). The first-order valence-corrected chi connectivity index (χ1v) is 6.37. The van der Waals surface area contributed by atoms with Gasteiger partial charge in [-0.1, -0.05) is 19.1 Å². The fraction of sp³-hybridized carbons (Fsp3) is 0.500. The Morgan fingerprint density at radius 1 is 1.50 bits per heavy atom. The molecule has 0 spiro atoms. The molecule has 0 saturated heterocycles. The van der Waals surface area contributed by atoms with Crippen LogP contribution in [0.25, 0.3) is 0 Å². The topological polar surface area (TPSA) is 78.3 Å². The van der Waals surface area contributed by atoms with E-state index in [9.17, 15) is 4.79 Å². The average molecular weight is 248 g/mol. The summed E-state index contributed by atoms with van der Waals surface area (Å²) in [5.74, 6) is 0.437. The second-order valence-corrected chi connectivity index (χ2v) is 4.97. The summed E-state index contributed by atoms with van der Waals surface area (Å²) in [4.78, 5) is 11.5. The predicted molar refractivity (Wildman–Crippen MR) is 70.2 cm³/mol. The van der Waals surface area contributed by atoms with Gasteiger partial charge in [-0.2, -0.15) is 0 Å². The molecule has 4 N–H and O–H groups in total. The van der Waals surface area contributed by atoms with Crippen molar-refractivity contribution in [1.29, 1.82) is 0 Å². The minimum atomic E-state index is -1.03. The van der Waals surface area contributed by atoms with Gasteiger partial charge in [-0.25, -0.2) is 0 Å². The molecule has 1 saturated carbocycles. The van der Waals surface area contributed by atoms with Gasteiger partial charge in [0.05, 0.1) is 0 Å². The van der Waals surface area contributed by atoms with Gasteiger partial charge in [0, 0.05) is 0 Å². The molecular formula is C14H20N2O2. The van der Waals surface area contributed by atoms with Crippen LogP contribution in [0.4, 0.5) is 0 Å². The van der Waals surface area contributed by atoms with Crippen LogP contribution in [-0.4, -0.2) is 18.1 Å². The van der Waals surface area contributed by atoms with Crippen LogP contribution in [0.3, 0.4) is 0 Å². The molecule has 4 heteroatoms. The molecule has 1 aromatic carbocycles. The fourth-order valence-electron chi connectivity index (χ4n) is 2.05. The van der Waals surface area contributed by atoms with Crippen molar-refractivity contribution in [3.05, 3.63) is 29.8 Å². The summed E-state index contributed by atoms with van der Waals surface area (Å²) in [5, 5.41) is 0. The molecule has 1 aromatic rings. The molecule has 1 unspecified atom stereocenters. The Hall–Kier alpha value is -1.55. The van der Waals surface area contributed by atoms with Gasteiger partial charge < -0.3 is 16.2 Å². The van der Waals surface area contributed by atoms with Crippen LogP contribution in [0.5, 0.6) is 5.75 Å². The molecule has 0 aliphatic heterocycles. The van der Waals surface area contributed by atoms with Crippen LogP contribution < -0.4 is 16.2 Å². The summed E-state index contributed by atoms with van der Waals surface area (Å²) >= 11 is 0. The second kappa shape index (κ2) is 4.98. The molecule has 1 fully saturated rings. The summed E-state index contributed by atoms with van der Waals surface area (Å²) in [6.45, 7) is 2.24. The Labute approximate surface area is 107 Å². The number of carbonyl (C=O) groups excluding carboxylic acids is 1. The van der Waals surface area contributed by atoms with Gasteiger partial charge in [-0.3, -0.25) is 4.79 Å². The number of benzene rings is 1. The number of aryl methyl sites for hydroxylation is 1. The molecule has 0 radical (unpaired) electrons. The van der Waals surface area contributed by atoms with Crippen molar-refractivity contribution in [3.8, 4) is 5.75 Å². The van der Waals surface area contributed by atoms with E-state index in [2.05, 4.69) is 6.92 Å². The van der Waals surface area contributed by atoms with Gasteiger partial charge in [-0.15, -0.1) is 0 Å². The SMILES string of the molecule is CCc1cccc(OCC(N)(C(N)=O)C2CC2)c1. The third-order valence-corrected chi connectivity index (χ3v) is 3.55.